The van der Waals surface area contributed by atoms with Gasteiger partial charge in [0.25, 0.3) is 0 Å². The molecule has 0 aliphatic carbocycles. The minimum Gasteiger partial charge on any atom is -0.340 e. The van der Waals surface area contributed by atoms with Crippen LogP contribution in [-0.2, 0) is 14.4 Å². The number of likely N-dealkylation sites (N-methyl/N-ethyl adjacent to an activating group) is 1. The van der Waals surface area contributed by atoms with Crippen LogP contribution >= 0.6 is 0 Å². The van der Waals surface area contributed by atoms with Crippen LogP contribution in [0.4, 0.5) is 11.4 Å². The highest BCUT2D eigenvalue weighted by Gasteiger charge is 2.21. The van der Waals surface area contributed by atoms with Crippen molar-refractivity contribution in [3.8, 4) is 0 Å². The number of nitrogens with zero attached hydrogens (tertiary/aromatic N) is 3. The zero-order chi connectivity index (χ0) is 19.1. The largest absolute Gasteiger partial charge is 0.340 e. The third-order valence-electron chi connectivity index (χ3n) is 4.58. The van der Waals surface area contributed by atoms with Crippen LogP contribution in [0.15, 0.2) is 24.3 Å². The first-order valence-electron chi connectivity index (χ1n) is 9.06. The van der Waals surface area contributed by atoms with Gasteiger partial charge in [-0.2, -0.15) is 0 Å². The fourth-order valence-electron chi connectivity index (χ4n) is 3.10. The van der Waals surface area contributed by atoms with E-state index >= 15 is 0 Å². The van der Waals surface area contributed by atoms with E-state index in [9.17, 15) is 14.4 Å². The highest BCUT2D eigenvalue weighted by molar-refractivity contribution is 5.94. The molecular formula is C19H28N4O3. The SMILES string of the molecule is CCN1CCN(C(=O)CCN(C(C)=O)c2cccc(NC(C)=O)c2)CC1. The first-order valence-corrected chi connectivity index (χ1v) is 9.06. The minimum absolute atomic E-state index is 0.0741. The van der Waals surface area contributed by atoms with E-state index in [4.69, 9.17) is 0 Å². The van der Waals surface area contributed by atoms with Gasteiger partial charge in [-0.25, -0.2) is 0 Å². The average Bonchev–Trinajstić information content (AvgIpc) is 2.61. The van der Waals surface area contributed by atoms with E-state index in [2.05, 4.69) is 17.1 Å². The van der Waals surface area contributed by atoms with Gasteiger partial charge in [0.05, 0.1) is 0 Å². The van der Waals surface area contributed by atoms with Gasteiger partial charge in [-0.05, 0) is 24.7 Å². The molecule has 2 rings (SSSR count). The molecule has 1 saturated heterocycles. The van der Waals surface area contributed by atoms with Crippen LogP contribution in [0.2, 0.25) is 0 Å². The van der Waals surface area contributed by atoms with Crippen LogP contribution in [0.5, 0.6) is 0 Å². The van der Waals surface area contributed by atoms with Crippen molar-refractivity contribution in [3.63, 3.8) is 0 Å². The maximum Gasteiger partial charge on any atom is 0.224 e. The molecular weight excluding hydrogens is 332 g/mol. The summed E-state index contributed by atoms with van der Waals surface area (Å²) in [5.41, 5.74) is 1.30. The van der Waals surface area contributed by atoms with Gasteiger partial charge in [-0.15, -0.1) is 0 Å². The van der Waals surface area contributed by atoms with Crippen LogP contribution in [0.3, 0.4) is 0 Å². The monoisotopic (exact) mass is 360 g/mol. The molecule has 142 valence electrons. The van der Waals surface area contributed by atoms with Crippen LogP contribution in [0.25, 0.3) is 0 Å². The normalized spacial score (nSPS) is 14.8. The lowest BCUT2D eigenvalue weighted by atomic mass is 10.2. The molecule has 0 spiro atoms. The molecule has 3 amide bonds. The molecule has 0 bridgehead atoms. The maximum absolute atomic E-state index is 12.5. The lowest BCUT2D eigenvalue weighted by Gasteiger charge is -2.34. The molecule has 1 aromatic carbocycles. The zero-order valence-electron chi connectivity index (χ0n) is 15.8. The standard InChI is InChI=1S/C19H28N4O3/c1-4-21-10-12-22(13-11-21)19(26)8-9-23(16(3)25)18-7-5-6-17(14-18)20-15(2)24/h5-7,14H,4,8-13H2,1-3H3,(H,20,24). The highest BCUT2D eigenvalue weighted by atomic mass is 16.2. The highest BCUT2D eigenvalue weighted by Crippen LogP contribution is 2.20. The summed E-state index contributed by atoms with van der Waals surface area (Å²) in [4.78, 5) is 41.5. The van der Waals surface area contributed by atoms with Crippen molar-refractivity contribution >= 4 is 29.1 Å². The fourth-order valence-corrected chi connectivity index (χ4v) is 3.10. The van der Waals surface area contributed by atoms with Crippen molar-refractivity contribution in [1.82, 2.24) is 9.80 Å². The summed E-state index contributed by atoms with van der Waals surface area (Å²) >= 11 is 0. The Kier molecular flexibility index (Phi) is 7.15. The average molecular weight is 360 g/mol. The number of anilines is 2. The smallest absolute Gasteiger partial charge is 0.224 e. The Morgan fingerprint density at radius 3 is 2.38 bits per heavy atom. The number of benzene rings is 1. The van der Waals surface area contributed by atoms with Crippen molar-refractivity contribution in [3.05, 3.63) is 24.3 Å². The molecule has 7 heteroatoms. The van der Waals surface area contributed by atoms with E-state index in [1.54, 1.807) is 29.2 Å². The van der Waals surface area contributed by atoms with Crippen molar-refractivity contribution < 1.29 is 14.4 Å². The molecule has 0 saturated carbocycles. The maximum atomic E-state index is 12.5. The summed E-state index contributed by atoms with van der Waals surface area (Å²) in [6.45, 7) is 9.65. The van der Waals surface area contributed by atoms with Crippen molar-refractivity contribution in [2.75, 3.05) is 49.5 Å². The second-order valence-corrected chi connectivity index (χ2v) is 6.47. The van der Waals surface area contributed by atoms with Crippen molar-refractivity contribution in [2.24, 2.45) is 0 Å². The van der Waals surface area contributed by atoms with Crippen molar-refractivity contribution in [2.45, 2.75) is 27.2 Å². The second kappa shape index (κ2) is 9.33. The first-order chi connectivity index (χ1) is 12.4. The van der Waals surface area contributed by atoms with Crippen LogP contribution in [0, 0.1) is 0 Å². The summed E-state index contributed by atoms with van der Waals surface area (Å²) in [6, 6.07) is 7.09. The van der Waals surface area contributed by atoms with E-state index in [-0.39, 0.29) is 24.1 Å². The van der Waals surface area contributed by atoms with Gasteiger partial charge in [0, 0.05) is 64.4 Å². The van der Waals surface area contributed by atoms with Crippen LogP contribution in [0.1, 0.15) is 27.2 Å². The number of hydrogen-bond donors (Lipinski definition) is 1. The van der Waals surface area contributed by atoms with Crippen LogP contribution in [-0.4, -0.2) is 66.8 Å². The van der Waals surface area contributed by atoms with E-state index < -0.39 is 0 Å². The molecule has 0 aromatic heterocycles. The van der Waals surface area contributed by atoms with Gasteiger partial charge in [-0.3, -0.25) is 14.4 Å². The molecule has 1 aliphatic rings. The summed E-state index contributed by atoms with van der Waals surface area (Å²) < 4.78 is 0. The van der Waals surface area contributed by atoms with Gasteiger partial charge in [0.1, 0.15) is 0 Å². The predicted molar refractivity (Wildman–Crippen MR) is 102 cm³/mol. The molecule has 1 aromatic rings. The van der Waals surface area contributed by atoms with E-state index in [0.717, 1.165) is 32.7 Å². The molecule has 26 heavy (non-hydrogen) atoms. The number of rotatable bonds is 6. The molecule has 0 unspecified atom stereocenters. The Hall–Kier alpha value is -2.41. The number of hydrogen-bond acceptors (Lipinski definition) is 4. The first kappa shape index (κ1) is 19.9. The Balaban J connectivity index is 1.97. The number of nitrogens with one attached hydrogen (secondary N) is 1. The summed E-state index contributed by atoms with van der Waals surface area (Å²) in [5.74, 6) is -0.225. The summed E-state index contributed by atoms with van der Waals surface area (Å²) in [6.07, 6.45) is 0.288. The Morgan fingerprint density at radius 1 is 1.12 bits per heavy atom. The summed E-state index contributed by atoms with van der Waals surface area (Å²) in [7, 11) is 0. The molecule has 0 atom stereocenters. The van der Waals surface area contributed by atoms with Gasteiger partial charge >= 0.3 is 0 Å². The Morgan fingerprint density at radius 2 is 1.81 bits per heavy atom. The van der Waals surface area contributed by atoms with Gasteiger partial charge in [0.2, 0.25) is 17.7 Å². The second-order valence-electron chi connectivity index (χ2n) is 6.47. The molecule has 1 N–H and O–H groups in total. The molecule has 1 fully saturated rings. The zero-order valence-corrected chi connectivity index (χ0v) is 15.8. The molecule has 7 nitrogen and oxygen atoms in total. The molecule has 1 heterocycles. The predicted octanol–water partition coefficient (Wildman–Crippen LogP) is 1.55. The van der Waals surface area contributed by atoms with E-state index in [0.29, 0.717) is 17.9 Å². The topological polar surface area (TPSA) is 73.0 Å². The quantitative estimate of drug-likeness (QED) is 0.835. The third kappa shape index (κ3) is 5.56. The Bertz CT molecular complexity index is 654. The third-order valence-corrected chi connectivity index (χ3v) is 4.58. The van der Waals surface area contributed by atoms with Crippen molar-refractivity contribution in [1.29, 1.82) is 0 Å². The number of carbonyl (C=O) groups is 3. The number of piperazine rings is 1. The lowest BCUT2D eigenvalue weighted by molar-refractivity contribution is -0.132. The van der Waals surface area contributed by atoms with Gasteiger partial charge < -0.3 is 20.0 Å². The fraction of sp³-hybridized carbons (Fsp3) is 0.526. The van der Waals surface area contributed by atoms with E-state index in [1.165, 1.54) is 13.8 Å². The van der Waals surface area contributed by atoms with Gasteiger partial charge in [0.15, 0.2) is 0 Å². The molecule has 0 radical (unpaired) electrons. The van der Waals surface area contributed by atoms with Gasteiger partial charge in [-0.1, -0.05) is 13.0 Å². The Labute approximate surface area is 154 Å². The lowest BCUT2D eigenvalue weighted by Crippen LogP contribution is -2.49. The van der Waals surface area contributed by atoms with E-state index in [1.807, 2.05) is 4.90 Å². The molecule has 1 aliphatic heterocycles. The summed E-state index contributed by atoms with van der Waals surface area (Å²) in [5, 5.41) is 2.71. The van der Waals surface area contributed by atoms with Crippen LogP contribution < -0.4 is 10.2 Å². The number of amides is 3. The number of carbonyl (C=O) groups excluding carboxylic acids is 3. The minimum atomic E-state index is -0.169.